The predicted molar refractivity (Wildman–Crippen MR) is 105 cm³/mol. The van der Waals surface area contributed by atoms with Crippen LogP contribution >= 0.6 is 35.1 Å². The maximum Gasteiger partial charge on any atom is 0.316 e. The van der Waals surface area contributed by atoms with E-state index in [0.29, 0.717) is 27.5 Å². The lowest BCUT2D eigenvalue weighted by Gasteiger charge is -2.07. The number of ether oxygens (including phenoxy) is 1. The number of thioether (sulfide) groups is 1. The SMILES string of the molecule is O=C(COC(=O)CSCc1cccc(Cl)c1)Nc1cccc2nsnc12. The second-order valence-corrected chi connectivity index (χ2v) is 7.22. The molecule has 1 amide bonds. The number of fused-ring (bicyclic) bond motifs is 1. The number of nitrogens with one attached hydrogen (secondary N) is 1. The smallest absolute Gasteiger partial charge is 0.316 e. The molecule has 0 atom stereocenters. The van der Waals surface area contributed by atoms with Crippen molar-refractivity contribution >= 4 is 63.7 Å². The first-order valence-electron chi connectivity index (χ1n) is 7.61. The highest BCUT2D eigenvalue weighted by Crippen LogP contribution is 2.21. The Labute approximate surface area is 163 Å². The summed E-state index contributed by atoms with van der Waals surface area (Å²) < 4.78 is 13.2. The molecule has 0 bridgehead atoms. The minimum Gasteiger partial charge on any atom is -0.455 e. The number of anilines is 1. The Hall–Kier alpha value is -2.16. The summed E-state index contributed by atoms with van der Waals surface area (Å²) in [4.78, 5) is 23.7. The van der Waals surface area contributed by atoms with E-state index < -0.39 is 11.9 Å². The largest absolute Gasteiger partial charge is 0.455 e. The summed E-state index contributed by atoms with van der Waals surface area (Å²) in [5.41, 5.74) is 2.90. The zero-order valence-electron chi connectivity index (χ0n) is 13.5. The molecule has 0 saturated carbocycles. The van der Waals surface area contributed by atoms with Crippen molar-refractivity contribution < 1.29 is 14.3 Å². The van der Waals surface area contributed by atoms with Gasteiger partial charge in [-0.05, 0) is 29.8 Å². The van der Waals surface area contributed by atoms with Gasteiger partial charge in [-0.1, -0.05) is 29.8 Å². The highest BCUT2D eigenvalue weighted by Gasteiger charge is 2.11. The van der Waals surface area contributed by atoms with Crippen LogP contribution in [0.5, 0.6) is 0 Å². The lowest BCUT2D eigenvalue weighted by atomic mass is 10.2. The summed E-state index contributed by atoms with van der Waals surface area (Å²) >= 11 is 8.39. The van der Waals surface area contributed by atoms with Crippen molar-refractivity contribution in [3.05, 3.63) is 53.1 Å². The van der Waals surface area contributed by atoms with Gasteiger partial charge in [-0.15, -0.1) is 11.8 Å². The molecule has 0 unspecified atom stereocenters. The first-order valence-corrected chi connectivity index (χ1v) is 9.87. The van der Waals surface area contributed by atoms with Crippen LogP contribution in [0.15, 0.2) is 42.5 Å². The zero-order chi connectivity index (χ0) is 18.4. The molecule has 3 aromatic rings. The topological polar surface area (TPSA) is 81.2 Å². The Morgan fingerprint density at radius 3 is 2.88 bits per heavy atom. The van der Waals surface area contributed by atoms with Gasteiger partial charge in [0.25, 0.3) is 5.91 Å². The highest BCUT2D eigenvalue weighted by molar-refractivity contribution is 7.99. The fourth-order valence-corrected chi connectivity index (χ4v) is 3.69. The molecule has 26 heavy (non-hydrogen) atoms. The molecule has 1 aromatic heterocycles. The Balaban J connectivity index is 1.41. The minimum absolute atomic E-state index is 0.158. The molecular formula is C17H14ClN3O3S2. The number of amides is 1. The molecule has 0 fully saturated rings. The van der Waals surface area contributed by atoms with Crippen LogP contribution in [0.1, 0.15) is 5.56 Å². The maximum atomic E-state index is 12.0. The Morgan fingerprint density at radius 1 is 1.19 bits per heavy atom. The fraction of sp³-hybridized carbons (Fsp3) is 0.176. The van der Waals surface area contributed by atoms with Crippen LogP contribution in [0.2, 0.25) is 5.02 Å². The van der Waals surface area contributed by atoms with E-state index in [1.54, 1.807) is 18.2 Å². The summed E-state index contributed by atoms with van der Waals surface area (Å²) in [6.45, 7) is -0.343. The number of carbonyl (C=O) groups is 2. The van der Waals surface area contributed by atoms with Crippen molar-refractivity contribution in [1.29, 1.82) is 0 Å². The molecule has 3 rings (SSSR count). The third kappa shape index (κ3) is 5.17. The Kier molecular flexibility index (Phi) is 6.43. The monoisotopic (exact) mass is 407 g/mol. The Bertz CT molecular complexity index is 932. The fourth-order valence-electron chi connectivity index (χ4n) is 2.16. The molecule has 0 radical (unpaired) electrons. The number of halogens is 1. The van der Waals surface area contributed by atoms with Gasteiger partial charge in [-0.25, -0.2) is 0 Å². The number of rotatable bonds is 7. The molecule has 0 spiro atoms. The Morgan fingerprint density at radius 2 is 2.04 bits per heavy atom. The van der Waals surface area contributed by atoms with E-state index in [0.717, 1.165) is 17.3 Å². The molecule has 1 heterocycles. The van der Waals surface area contributed by atoms with Gasteiger partial charge in [0.15, 0.2) is 6.61 Å². The molecule has 134 valence electrons. The summed E-state index contributed by atoms with van der Waals surface area (Å²) in [7, 11) is 0. The molecule has 6 nitrogen and oxygen atoms in total. The zero-order valence-corrected chi connectivity index (χ0v) is 15.9. The normalized spacial score (nSPS) is 10.7. The van der Waals surface area contributed by atoms with Crippen molar-refractivity contribution in [1.82, 2.24) is 8.75 Å². The third-order valence-corrected chi connectivity index (χ3v) is 5.06. The predicted octanol–water partition coefficient (Wildman–Crippen LogP) is 3.76. The van der Waals surface area contributed by atoms with Gasteiger partial charge in [0.2, 0.25) is 0 Å². The lowest BCUT2D eigenvalue weighted by molar-refractivity contribution is -0.144. The molecule has 2 aromatic carbocycles. The van der Waals surface area contributed by atoms with Crippen molar-refractivity contribution in [2.24, 2.45) is 0 Å². The van der Waals surface area contributed by atoms with Crippen LogP contribution in [-0.2, 0) is 20.1 Å². The van der Waals surface area contributed by atoms with E-state index in [4.69, 9.17) is 16.3 Å². The number of nitrogens with zero attached hydrogens (tertiary/aromatic N) is 2. The van der Waals surface area contributed by atoms with Gasteiger partial charge >= 0.3 is 5.97 Å². The van der Waals surface area contributed by atoms with Crippen molar-refractivity contribution in [3.63, 3.8) is 0 Å². The van der Waals surface area contributed by atoms with Gasteiger partial charge in [0.1, 0.15) is 11.0 Å². The van der Waals surface area contributed by atoms with Gasteiger partial charge in [-0.3, -0.25) is 9.59 Å². The van der Waals surface area contributed by atoms with Gasteiger partial charge in [0.05, 0.1) is 23.2 Å². The van der Waals surface area contributed by atoms with Crippen LogP contribution in [0.4, 0.5) is 5.69 Å². The van der Waals surface area contributed by atoms with E-state index >= 15 is 0 Å². The number of hydrogen-bond donors (Lipinski definition) is 1. The summed E-state index contributed by atoms with van der Waals surface area (Å²) in [5, 5.41) is 3.34. The number of hydrogen-bond acceptors (Lipinski definition) is 7. The highest BCUT2D eigenvalue weighted by atomic mass is 35.5. The van der Waals surface area contributed by atoms with E-state index in [2.05, 4.69) is 14.1 Å². The average Bonchev–Trinajstić information content (AvgIpc) is 3.10. The van der Waals surface area contributed by atoms with Crippen LogP contribution in [0.25, 0.3) is 11.0 Å². The first kappa shape index (κ1) is 18.6. The molecule has 0 saturated heterocycles. The lowest BCUT2D eigenvalue weighted by Crippen LogP contribution is -2.21. The number of aromatic nitrogens is 2. The summed E-state index contributed by atoms with van der Waals surface area (Å²) in [6, 6.07) is 12.8. The van der Waals surface area contributed by atoms with Crippen molar-refractivity contribution in [2.75, 3.05) is 17.7 Å². The molecule has 9 heteroatoms. The van der Waals surface area contributed by atoms with Gasteiger partial charge < -0.3 is 10.1 Å². The maximum absolute atomic E-state index is 12.0. The third-order valence-electron chi connectivity index (χ3n) is 3.30. The van der Waals surface area contributed by atoms with Crippen LogP contribution < -0.4 is 5.32 Å². The summed E-state index contributed by atoms with van der Waals surface area (Å²) in [6.07, 6.45) is 0. The van der Waals surface area contributed by atoms with Crippen molar-refractivity contribution in [3.8, 4) is 0 Å². The quantitative estimate of drug-likeness (QED) is 0.600. The van der Waals surface area contributed by atoms with Crippen molar-refractivity contribution in [2.45, 2.75) is 5.75 Å². The molecule has 0 aliphatic heterocycles. The second-order valence-electron chi connectivity index (χ2n) is 5.27. The van der Waals surface area contributed by atoms with Crippen LogP contribution in [-0.4, -0.2) is 33.0 Å². The second kappa shape index (κ2) is 8.98. The van der Waals surface area contributed by atoms with E-state index in [9.17, 15) is 9.59 Å². The minimum atomic E-state index is -0.444. The van der Waals surface area contributed by atoms with Crippen LogP contribution in [0, 0.1) is 0 Å². The van der Waals surface area contributed by atoms with E-state index in [1.807, 2.05) is 24.3 Å². The molecule has 0 aliphatic rings. The standard InChI is InChI=1S/C17H14ClN3O3S2/c18-12-4-1-3-11(7-12)9-25-10-16(23)24-8-15(22)19-13-5-2-6-14-17(13)21-26-20-14/h1-7H,8-10H2,(H,19,22). The van der Waals surface area contributed by atoms with Gasteiger partial charge in [-0.2, -0.15) is 8.75 Å². The van der Waals surface area contributed by atoms with Crippen LogP contribution in [0.3, 0.4) is 0 Å². The van der Waals surface area contributed by atoms with E-state index in [-0.39, 0.29) is 12.4 Å². The number of benzene rings is 2. The number of carbonyl (C=O) groups excluding carboxylic acids is 2. The summed E-state index contributed by atoms with van der Waals surface area (Å²) in [5.74, 6) is -0.0640. The van der Waals surface area contributed by atoms with E-state index in [1.165, 1.54) is 11.8 Å². The molecule has 1 N–H and O–H groups in total. The average molecular weight is 408 g/mol. The first-order chi connectivity index (χ1) is 12.6. The number of esters is 1. The molecule has 0 aliphatic carbocycles. The van der Waals surface area contributed by atoms with Gasteiger partial charge in [0, 0.05) is 10.8 Å². The molecular weight excluding hydrogens is 394 g/mol.